The van der Waals surface area contributed by atoms with Gasteiger partial charge in [0.1, 0.15) is 4.90 Å². The highest BCUT2D eigenvalue weighted by atomic mass is 35.5. The smallest absolute Gasteiger partial charge is 0.269 e. The number of alkyl halides is 2. The van der Waals surface area contributed by atoms with Crippen LogP contribution in [0.2, 0.25) is 5.02 Å². The van der Waals surface area contributed by atoms with Crippen LogP contribution in [-0.2, 0) is 10.0 Å². The molecule has 0 atom stereocenters. The van der Waals surface area contributed by atoms with E-state index in [1.165, 1.54) is 12.1 Å². The van der Waals surface area contributed by atoms with Gasteiger partial charge in [-0.15, -0.1) is 0 Å². The molecule has 1 N–H and O–H groups in total. The lowest BCUT2D eigenvalue weighted by Gasteiger charge is -2.29. The van der Waals surface area contributed by atoms with Crippen LogP contribution < -0.4 is 10.2 Å². The standard InChI is InChI=1S/C19H18ClF2N3O2S/c20-16-3-1-2-4-18(16)28(26,27)25-12-15(19(21)22)14-11-13(5-6-17(14)25)24-9-7-23-8-10-24/h1-6,11-12,19,23H,7-10H2. The summed E-state index contributed by atoms with van der Waals surface area (Å²) in [4.78, 5) is 1.96. The van der Waals surface area contributed by atoms with E-state index in [2.05, 4.69) is 10.2 Å². The van der Waals surface area contributed by atoms with Gasteiger partial charge in [-0.1, -0.05) is 23.7 Å². The lowest BCUT2D eigenvalue weighted by molar-refractivity contribution is 0.153. The second kappa shape index (κ2) is 7.35. The average Bonchev–Trinajstić information content (AvgIpc) is 3.09. The van der Waals surface area contributed by atoms with Gasteiger partial charge >= 0.3 is 0 Å². The maximum atomic E-state index is 13.7. The molecule has 1 saturated heterocycles. The molecule has 1 aliphatic rings. The zero-order chi connectivity index (χ0) is 19.9. The molecule has 1 fully saturated rings. The highest BCUT2D eigenvalue weighted by Crippen LogP contribution is 2.35. The van der Waals surface area contributed by atoms with Crippen molar-refractivity contribution in [2.45, 2.75) is 11.3 Å². The summed E-state index contributed by atoms with van der Waals surface area (Å²) in [5.41, 5.74) is 0.681. The first-order valence-electron chi connectivity index (χ1n) is 8.78. The Balaban J connectivity index is 1.89. The highest BCUT2D eigenvalue weighted by molar-refractivity contribution is 7.90. The zero-order valence-corrected chi connectivity index (χ0v) is 16.4. The summed E-state index contributed by atoms with van der Waals surface area (Å²) >= 11 is 6.05. The van der Waals surface area contributed by atoms with E-state index < -0.39 is 16.4 Å². The van der Waals surface area contributed by atoms with E-state index in [0.717, 1.165) is 42.0 Å². The summed E-state index contributed by atoms with van der Waals surface area (Å²) in [6.45, 7) is 3.13. The molecule has 4 rings (SSSR count). The quantitative estimate of drug-likeness (QED) is 0.689. The third-order valence-electron chi connectivity index (χ3n) is 4.88. The van der Waals surface area contributed by atoms with Crippen molar-refractivity contribution in [1.82, 2.24) is 9.29 Å². The number of hydrogen-bond acceptors (Lipinski definition) is 4. The minimum atomic E-state index is -4.12. The maximum absolute atomic E-state index is 13.7. The Labute approximate surface area is 166 Å². The molecule has 5 nitrogen and oxygen atoms in total. The van der Waals surface area contributed by atoms with Crippen molar-refractivity contribution in [3.8, 4) is 0 Å². The molecule has 0 amide bonds. The fraction of sp³-hybridized carbons (Fsp3) is 0.263. The van der Waals surface area contributed by atoms with E-state index >= 15 is 0 Å². The summed E-state index contributed by atoms with van der Waals surface area (Å²) < 4.78 is 54.5. The van der Waals surface area contributed by atoms with Crippen molar-refractivity contribution in [2.24, 2.45) is 0 Å². The van der Waals surface area contributed by atoms with E-state index in [1.807, 2.05) is 0 Å². The summed E-state index contributed by atoms with van der Waals surface area (Å²) in [7, 11) is -4.12. The van der Waals surface area contributed by atoms with Gasteiger partial charge in [-0.25, -0.2) is 21.2 Å². The average molecular weight is 426 g/mol. The van der Waals surface area contributed by atoms with Gasteiger partial charge in [0.2, 0.25) is 0 Å². The second-order valence-electron chi connectivity index (χ2n) is 6.55. The van der Waals surface area contributed by atoms with Crippen molar-refractivity contribution in [3.05, 3.63) is 59.2 Å². The van der Waals surface area contributed by atoms with Crippen molar-refractivity contribution in [3.63, 3.8) is 0 Å². The summed E-state index contributed by atoms with van der Waals surface area (Å²) in [6.07, 6.45) is -1.81. The number of halogens is 3. The number of fused-ring (bicyclic) bond motifs is 1. The third-order valence-corrected chi connectivity index (χ3v) is 7.05. The van der Waals surface area contributed by atoms with Crippen LogP contribution in [0.5, 0.6) is 0 Å². The van der Waals surface area contributed by atoms with Crippen LogP contribution in [0.4, 0.5) is 14.5 Å². The van der Waals surface area contributed by atoms with Gasteiger partial charge in [-0.05, 0) is 30.3 Å². The number of nitrogens with zero attached hydrogens (tertiary/aromatic N) is 2. The number of piperazine rings is 1. The van der Waals surface area contributed by atoms with Gasteiger partial charge < -0.3 is 10.2 Å². The Bertz CT molecular complexity index is 1130. The Hall–Kier alpha value is -2.16. The van der Waals surface area contributed by atoms with Crippen LogP contribution >= 0.6 is 11.6 Å². The lowest BCUT2D eigenvalue weighted by Crippen LogP contribution is -2.43. The van der Waals surface area contributed by atoms with E-state index in [9.17, 15) is 17.2 Å². The van der Waals surface area contributed by atoms with Crippen LogP contribution in [0.1, 0.15) is 12.0 Å². The molecule has 9 heteroatoms. The van der Waals surface area contributed by atoms with Gasteiger partial charge in [-0.3, -0.25) is 0 Å². The van der Waals surface area contributed by atoms with Crippen molar-refractivity contribution in [1.29, 1.82) is 0 Å². The van der Waals surface area contributed by atoms with Gasteiger partial charge in [0.05, 0.1) is 10.5 Å². The molecule has 1 aromatic heterocycles. The van der Waals surface area contributed by atoms with Crippen LogP contribution in [0.15, 0.2) is 53.6 Å². The predicted molar refractivity (Wildman–Crippen MR) is 106 cm³/mol. The van der Waals surface area contributed by atoms with Gasteiger partial charge in [0, 0.05) is 49.0 Å². The fourth-order valence-corrected chi connectivity index (χ4v) is 5.34. The number of nitrogens with one attached hydrogen (secondary N) is 1. The highest BCUT2D eigenvalue weighted by Gasteiger charge is 2.26. The molecular weight excluding hydrogens is 408 g/mol. The molecule has 0 spiro atoms. The first-order chi connectivity index (χ1) is 13.4. The molecule has 1 aliphatic heterocycles. The first kappa shape index (κ1) is 19.2. The van der Waals surface area contributed by atoms with Crippen LogP contribution in [-0.4, -0.2) is 38.6 Å². The second-order valence-corrected chi connectivity index (χ2v) is 8.75. The fourth-order valence-electron chi connectivity index (χ4n) is 3.47. The molecule has 28 heavy (non-hydrogen) atoms. The molecular formula is C19H18ClF2N3O2S. The Morgan fingerprint density at radius 1 is 1.07 bits per heavy atom. The minimum Gasteiger partial charge on any atom is -0.369 e. The van der Waals surface area contributed by atoms with Crippen molar-refractivity contribution in [2.75, 3.05) is 31.1 Å². The van der Waals surface area contributed by atoms with Gasteiger partial charge in [0.15, 0.2) is 0 Å². The predicted octanol–water partition coefficient (Wildman–Crippen LogP) is 3.88. The largest absolute Gasteiger partial charge is 0.369 e. The van der Waals surface area contributed by atoms with Crippen LogP contribution in [0.3, 0.4) is 0 Å². The third kappa shape index (κ3) is 3.25. The Morgan fingerprint density at radius 2 is 1.79 bits per heavy atom. The number of anilines is 1. The molecule has 0 bridgehead atoms. The van der Waals surface area contributed by atoms with E-state index in [-0.39, 0.29) is 26.4 Å². The SMILES string of the molecule is O=S(=O)(c1ccccc1Cl)n1cc(C(F)F)c2cc(N3CCNCC3)ccc21. The normalized spacial score (nSPS) is 15.5. The maximum Gasteiger partial charge on any atom is 0.269 e. The van der Waals surface area contributed by atoms with Crippen LogP contribution in [0.25, 0.3) is 10.9 Å². The number of rotatable bonds is 4. The lowest BCUT2D eigenvalue weighted by atomic mass is 10.1. The van der Waals surface area contributed by atoms with Gasteiger partial charge in [-0.2, -0.15) is 0 Å². The zero-order valence-electron chi connectivity index (χ0n) is 14.8. The van der Waals surface area contributed by atoms with E-state index in [1.54, 1.807) is 30.3 Å². The van der Waals surface area contributed by atoms with Crippen molar-refractivity contribution >= 4 is 38.2 Å². The Morgan fingerprint density at radius 3 is 2.46 bits per heavy atom. The molecule has 0 saturated carbocycles. The molecule has 0 radical (unpaired) electrons. The number of aromatic nitrogens is 1. The molecule has 2 aromatic carbocycles. The summed E-state index contributed by atoms with van der Waals surface area (Å²) in [5.74, 6) is 0. The number of benzene rings is 2. The van der Waals surface area contributed by atoms with Crippen molar-refractivity contribution < 1.29 is 17.2 Å². The topological polar surface area (TPSA) is 54.3 Å². The monoisotopic (exact) mass is 425 g/mol. The van der Waals surface area contributed by atoms with Gasteiger partial charge in [0.25, 0.3) is 16.4 Å². The van der Waals surface area contributed by atoms with E-state index in [4.69, 9.17) is 11.6 Å². The molecule has 148 valence electrons. The summed E-state index contributed by atoms with van der Waals surface area (Å²) in [6, 6.07) is 11.0. The first-order valence-corrected chi connectivity index (χ1v) is 10.6. The number of hydrogen-bond donors (Lipinski definition) is 1. The van der Waals surface area contributed by atoms with E-state index in [0.29, 0.717) is 0 Å². The molecule has 2 heterocycles. The minimum absolute atomic E-state index is 0.0420. The van der Waals surface area contributed by atoms with Crippen LogP contribution in [0, 0.1) is 0 Å². The Kier molecular flexibility index (Phi) is 5.03. The molecule has 3 aromatic rings. The molecule has 0 aliphatic carbocycles. The molecule has 0 unspecified atom stereocenters. The summed E-state index contributed by atoms with van der Waals surface area (Å²) in [5, 5.41) is 3.51.